The van der Waals surface area contributed by atoms with Gasteiger partial charge in [-0.15, -0.1) is 0 Å². The zero-order valence-corrected chi connectivity index (χ0v) is 41.6. The summed E-state index contributed by atoms with van der Waals surface area (Å²) < 4.78 is 5.47. The standard InChI is InChI=1S/C56H107NO5/c1-3-5-7-9-11-13-15-16-22-26-30-34-38-42-46-50-56(61)62-51-47-43-39-35-31-27-24-21-19-17-18-20-23-25-29-33-37-41-45-49-55(60)57-53(52-58)54(59)48-44-40-36-32-28-14-12-10-8-6-4-2/h16-18,22,53-54,58-59H,3-15,19-21,23-52H2,1-2H3,(H,57,60)/b18-17-,22-16-. The van der Waals surface area contributed by atoms with Crippen molar-refractivity contribution < 1.29 is 24.5 Å². The highest BCUT2D eigenvalue weighted by Gasteiger charge is 2.20. The van der Waals surface area contributed by atoms with E-state index in [9.17, 15) is 19.8 Å². The highest BCUT2D eigenvalue weighted by molar-refractivity contribution is 5.76. The van der Waals surface area contributed by atoms with Gasteiger partial charge in [-0.05, 0) is 77.0 Å². The number of aliphatic hydroxyl groups excluding tert-OH is 2. The summed E-state index contributed by atoms with van der Waals surface area (Å²) >= 11 is 0. The fourth-order valence-corrected chi connectivity index (χ4v) is 8.45. The van der Waals surface area contributed by atoms with E-state index in [2.05, 4.69) is 43.5 Å². The van der Waals surface area contributed by atoms with E-state index < -0.39 is 12.1 Å². The van der Waals surface area contributed by atoms with Gasteiger partial charge in [0.15, 0.2) is 0 Å². The van der Waals surface area contributed by atoms with Crippen LogP contribution in [0, 0.1) is 0 Å². The number of allylic oxidation sites excluding steroid dienone is 4. The Kier molecular flexibility index (Phi) is 50.6. The Balaban J connectivity index is 3.43. The number of hydrogen-bond donors (Lipinski definition) is 3. The zero-order chi connectivity index (χ0) is 45.1. The Morgan fingerprint density at radius 2 is 0.758 bits per heavy atom. The van der Waals surface area contributed by atoms with Gasteiger partial charge in [0.1, 0.15) is 0 Å². The van der Waals surface area contributed by atoms with E-state index in [1.165, 1.54) is 218 Å². The number of aliphatic hydroxyl groups is 2. The molecule has 0 aliphatic heterocycles. The van der Waals surface area contributed by atoms with Crippen molar-refractivity contribution in [3.8, 4) is 0 Å². The number of esters is 1. The number of carbonyl (C=O) groups excluding carboxylic acids is 2. The zero-order valence-electron chi connectivity index (χ0n) is 41.6. The largest absolute Gasteiger partial charge is 0.466 e. The average molecular weight is 874 g/mol. The van der Waals surface area contributed by atoms with Crippen LogP contribution in [0.4, 0.5) is 0 Å². The van der Waals surface area contributed by atoms with Gasteiger partial charge in [-0.1, -0.05) is 231 Å². The molecule has 6 nitrogen and oxygen atoms in total. The molecule has 366 valence electrons. The molecule has 2 atom stereocenters. The van der Waals surface area contributed by atoms with Crippen LogP contribution in [0.15, 0.2) is 24.3 Å². The van der Waals surface area contributed by atoms with Gasteiger partial charge in [0.2, 0.25) is 5.91 Å². The van der Waals surface area contributed by atoms with Crippen molar-refractivity contribution in [1.82, 2.24) is 5.32 Å². The molecule has 0 aromatic carbocycles. The van der Waals surface area contributed by atoms with Gasteiger partial charge in [0.05, 0.1) is 25.4 Å². The van der Waals surface area contributed by atoms with Crippen molar-refractivity contribution >= 4 is 11.9 Å². The lowest BCUT2D eigenvalue weighted by Crippen LogP contribution is -2.45. The summed E-state index contributed by atoms with van der Waals surface area (Å²) in [5, 5.41) is 23.1. The molecule has 1 amide bonds. The molecule has 2 unspecified atom stereocenters. The van der Waals surface area contributed by atoms with E-state index in [1.54, 1.807) is 0 Å². The van der Waals surface area contributed by atoms with Crippen LogP contribution in [0.1, 0.15) is 296 Å². The van der Waals surface area contributed by atoms with E-state index in [0.29, 0.717) is 25.9 Å². The van der Waals surface area contributed by atoms with Crippen LogP contribution in [0.5, 0.6) is 0 Å². The van der Waals surface area contributed by atoms with Crippen molar-refractivity contribution in [3.63, 3.8) is 0 Å². The third kappa shape index (κ3) is 47.8. The van der Waals surface area contributed by atoms with Crippen LogP contribution in [-0.4, -0.2) is 47.4 Å². The summed E-state index contributed by atoms with van der Waals surface area (Å²) in [7, 11) is 0. The molecule has 0 fully saturated rings. The maximum absolute atomic E-state index is 12.4. The first-order valence-corrected chi connectivity index (χ1v) is 27.6. The number of unbranched alkanes of at least 4 members (excludes halogenated alkanes) is 36. The van der Waals surface area contributed by atoms with E-state index in [-0.39, 0.29) is 18.5 Å². The van der Waals surface area contributed by atoms with Crippen molar-refractivity contribution in [2.45, 2.75) is 309 Å². The van der Waals surface area contributed by atoms with Gasteiger partial charge < -0.3 is 20.3 Å². The van der Waals surface area contributed by atoms with E-state index >= 15 is 0 Å². The van der Waals surface area contributed by atoms with E-state index in [1.807, 2.05) is 0 Å². The van der Waals surface area contributed by atoms with Gasteiger partial charge in [0.25, 0.3) is 0 Å². The molecule has 0 bridgehead atoms. The SMILES string of the molecule is CCCCCCCC/C=C\CCCCCCCC(=O)OCCCCCCCCCC/C=C\CCCCCCCCCC(=O)NC(CO)C(O)CCCCCCCCCCCCC. The van der Waals surface area contributed by atoms with Crippen molar-refractivity contribution in [1.29, 1.82) is 0 Å². The van der Waals surface area contributed by atoms with Crippen LogP contribution >= 0.6 is 0 Å². The lowest BCUT2D eigenvalue weighted by atomic mass is 10.0. The second-order valence-corrected chi connectivity index (χ2v) is 18.9. The lowest BCUT2D eigenvalue weighted by molar-refractivity contribution is -0.143. The molecule has 0 saturated carbocycles. The average Bonchev–Trinajstić information content (AvgIpc) is 3.27. The Morgan fingerprint density at radius 1 is 0.435 bits per heavy atom. The fourth-order valence-electron chi connectivity index (χ4n) is 8.45. The quantitative estimate of drug-likeness (QED) is 0.0321. The summed E-state index contributed by atoms with van der Waals surface area (Å²) in [6.45, 7) is 4.92. The third-order valence-corrected chi connectivity index (χ3v) is 12.7. The van der Waals surface area contributed by atoms with E-state index in [0.717, 1.165) is 44.9 Å². The summed E-state index contributed by atoms with van der Waals surface area (Å²) in [6, 6.07) is -0.547. The summed E-state index contributed by atoms with van der Waals surface area (Å²) in [5.74, 6) is -0.0498. The second-order valence-electron chi connectivity index (χ2n) is 18.9. The molecule has 0 radical (unpaired) electrons. The minimum Gasteiger partial charge on any atom is -0.466 e. The molecule has 0 aliphatic rings. The maximum atomic E-state index is 12.4. The molecular weight excluding hydrogens is 767 g/mol. The fraction of sp³-hybridized carbons (Fsp3) is 0.893. The minimum atomic E-state index is -0.669. The molecule has 0 aromatic heterocycles. The molecule has 0 aromatic rings. The predicted molar refractivity (Wildman–Crippen MR) is 269 cm³/mol. The Labute approximate surface area is 386 Å². The number of carbonyl (C=O) groups is 2. The highest BCUT2D eigenvalue weighted by atomic mass is 16.5. The number of rotatable bonds is 51. The van der Waals surface area contributed by atoms with Gasteiger partial charge in [-0.25, -0.2) is 0 Å². The van der Waals surface area contributed by atoms with Crippen LogP contribution in [0.2, 0.25) is 0 Å². The summed E-state index contributed by atoms with van der Waals surface area (Å²) in [4.78, 5) is 24.5. The first kappa shape index (κ1) is 60.3. The molecule has 0 spiro atoms. The number of amides is 1. The molecule has 3 N–H and O–H groups in total. The number of ether oxygens (including phenoxy) is 1. The van der Waals surface area contributed by atoms with Gasteiger partial charge in [-0.2, -0.15) is 0 Å². The summed E-state index contributed by atoms with van der Waals surface area (Å²) in [6.07, 6.45) is 61.6. The van der Waals surface area contributed by atoms with Crippen LogP contribution in [0.25, 0.3) is 0 Å². The Hall–Kier alpha value is -1.66. The molecule has 6 heteroatoms. The Morgan fingerprint density at radius 3 is 1.15 bits per heavy atom. The first-order valence-electron chi connectivity index (χ1n) is 27.6. The highest BCUT2D eigenvalue weighted by Crippen LogP contribution is 2.16. The first-order chi connectivity index (χ1) is 30.5. The number of hydrogen-bond acceptors (Lipinski definition) is 5. The van der Waals surface area contributed by atoms with Crippen molar-refractivity contribution in [3.05, 3.63) is 24.3 Å². The van der Waals surface area contributed by atoms with Crippen LogP contribution in [-0.2, 0) is 14.3 Å². The van der Waals surface area contributed by atoms with Gasteiger partial charge in [-0.3, -0.25) is 9.59 Å². The molecule has 0 saturated heterocycles. The molecule has 0 aliphatic carbocycles. The topological polar surface area (TPSA) is 95.9 Å². The van der Waals surface area contributed by atoms with Crippen LogP contribution < -0.4 is 5.32 Å². The van der Waals surface area contributed by atoms with Crippen molar-refractivity contribution in [2.75, 3.05) is 13.2 Å². The summed E-state index contributed by atoms with van der Waals surface area (Å²) in [5.41, 5.74) is 0. The number of nitrogens with one attached hydrogen (secondary N) is 1. The van der Waals surface area contributed by atoms with Gasteiger partial charge in [0, 0.05) is 12.8 Å². The smallest absolute Gasteiger partial charge is 0.305 e. The maximum Gasteiger partial charge on any atom is 0.305 e. The van der Waals surface area contributed by atoms with Crippen LogP contribution in [0.3, 0.4) is 0 Å². The molecule has 0 rings (SSSR count). The van der Waals surface area contributed by atoms with Crippen molar-refractivity contribution in [2.24, 2.45) is 0 Å². The second kappa shape index (κ2) is 52.0. The normalized spacial score (nSPS) is 12.8. The third-order valence-electron chi connectivity index (χ3n) is 12.7. The van der Waals surface area contributed by atoms with E-state index in [4.69, 9.17) is 4.74 Å². The molecule has 0 heterocycles. The predicted octanol–water partition coefficient (Wildman–Crippen LogP) is 16.7. The lowest BCUT2D eigenvalue weighted by Gasteiger charge is -2.22. The van der Waals surface area contributed by atoms with Gasteiger partial charge >= 0.3 is 5.97 Å². The Bertz CT molecular complexity index is 966. The minimum absolute atomic E-state index is 0.00412. The molecular formula is C56H107NO5. The monoisotopic (exact) mass is 874 g/mol. The molecule has 62 heavy (non-hydrogen) atoms.